The summed E-state index contributed by atoms with van der Waals surface area (Å²) >= 11 is 0. The van der Waals surface area contributed by atoms with Crippen molar-refractivity contribution in [3.05, 3.63) is 65.7 Å². The molecule has 0 spiro atoms. The number of anilines is 2. The molecule has 0 fully saturated rings. The van der Waals surface area contributed by atoms with Gasteiger partial charge in [-0.25, -0.2) is 28.2 Å². The van der Waals surface area contributed by atoms with Gasteiger partial charge in [-0.1, -0.05) is 6.07 Å². The minimum atomic E-state index is -4.65. The highest BCUT2D eigenvalue weighted by Crippen LogP contribution is 2.33. The van der Waals surface area contributed by atoms with Gasteiger partial charge in [-0.3, -0.25) is 0 Å². The quantitative estimate of drug-likeness (QED) is 0.466. The molecule has 0 aliphatic rings. The van der Waals surface area contributed by atoms with Gasteiger partial charge in [0.15, 0.2) is 11.5 Å². The van der Waals surface area contributed by atoms with Crippen LogP contribution in [-0.2, 0) is 6.18 Å². The molecule has 3 heterocycles. The highest BCUT2D eigenvalue weighted by Gasteiger charge is 2.33. The van der Waals surface area contributed by atoms with Crippen molar-refractivity contribution in [2.45, 2.75) is 19.1 Å². The van der Waals surface area contributed by atoms with Gasteiger partial charge in [0.1, 0.15) is 29.5 Å². The van der Waals surface area contributed by atoms with E-state index in [9.17, 15) is 22.0 Å². The summed E-state index contributed by atoms with van der Waals surface area (Å²) < 4.78 is 67.5. The molecule has 0 radical (unpaired) electrons. The van der Waals surface area contributed by atoms with Gasteiger partial charge in [0.05, 0.1) is 17.3 Å². The van der Waals surface area contributed by atoms with Gasteiger partial charge in [-0.05, 0) is 19.1 Å². The fourth-order valence-electron chi connectivity index (χ4n) is 3.08. The molecule has 0 aliphatic heterocycles. The van der Waals surface area contributed by atoms with Crippen LogP contribution in [0.4, 0.5) is 33.6 Å². The van der Waals surface area contributed by atoms with Crippen LogP contribution in [0.2, 0.25) is 0 Å². The van der Waals surface area contributed by atoms with Crippen LogP contribution in [0.25, 0.3) is 16.9 Å². The Morgan fingerprint density at radius 1 is 1.10 bits per heavy atom. The molecule has 0 aliphatic carbocycles. The third kappa shape index (κ3) is 3.96. The molecule has 1 atom stereocenters. The van der Waals surface area contributed by atoms with Crippen molar-refractivity contribution in [1.82, 2.24) is 24.6 Å². The molecule has 0 bridgehead atoms. The minimum Gasteiger partial charge on any atom is -0.382 e. The van der Waals surface area contributed by atoms with E-state index >= 15 is 0 Å². The van der Waals surface area contributed by atoms with Crippen molar-refractivity contribution in [2.24, 2.45) is 0 Å². The smallest absolute Gasteiger partial charge is 0.382 e. The van der Waals surface area contributed by atoms with E-state index in [1.54, 1.807) is 6.92 Å². The number of nitrogens with zero attached hydrogens (tertiary/aromatic N) is 5. The number of hydrogen-bond acceptors (Lipinski definition) is 6. The Kier molecular flexibility index (Phi) is 4.91. The summed E-state index contributed by atoms with van der Waals surface area (Å²) in [6.07, 6.45) is -2.38. The maximum Gasteiger partial charge on any atom is 0.433 e. The van der Waals surface area contributed by atoms with Gasteiger partial charge in [-0.15, -0.1) is 5.10 Å². The fraction of sp³-hybridized carbons (Fsp3) is 0.158. The van der Waals surface area contributed by atoms with Gasteiger partial charge >= 0.3 is 6.18 Å². The second-order valence-electron chi connectivity index (χ2n) is 6.66. The first-order chi connectivity index (χ1) is 14.6. The van der Waals surface area contributed by atoms with Crippen molar-refractivity contribution in [2.75, 3.05) is 11.1 Å². The second-order valence-corrected chi connectivity index (χ2v) is 6.66. The molecule has 0 amide bonds. The predicted octanol–water partition coefficient (Wildman–Crippen LogP) is 4.24. The Labute approximate surface area is 171 Å². The zero-order valence-electron chi connectivity index (χ0n) is 15.8. The molecule has 0 unspecified atom stereocenters. The number of nitrogens with two attached hydrogens (primary N) is 1. The maximum atomic E-state index is 14.0. The molecular weight excluding hydrogens is 421 g/mol. The number of nitrogens with one attached hydrogen (secondary N) is 1. The highest BCUT2D eigenvalue weighted by atomic mass is 19.4. The van der Waals surface area contributed by atoms with Crippen LogP contribution in [0, 0.1) is 11.6 Å². The number of hydrogen-bond donors (Lipinski definition) is 2. The number of aromatic nitrogens is 5. The Morgan fingerprint density at radius 2 is 1.87 bits per heavy atom. The minimum absolute atomic E-state index is 0.0749. The van der Waals surface area contributed by atoms with Gasteiger partial charge < -0.3 is 11.1 Å². The van der Waals surface area contributed by atoms with Crippen molar-refractivity contribution >= 4 is 17.3 Å². The summed E-state index contributed by atoms with van der Waals surface area (Å²) in [7, 11) is 0. The van der Waals surface area contributed by atoms with Crippen molar-refractivity contribution in [3.63, 3.8) is 0 Å². The molecule has 4 aromatic rings. The molecule has 7 nitrogen and oxygen atoms in total. The second kappa shape index (κ2) is 7.45. The Hall–Kier alpha value is -3.83. The lowest BCUT2D eigenvalue weighted by Crippen LogP contribution is -2.10. The van der Waals surface area contributed by atoms with Crippen LogP contribution < -0.4 is 11.1 Å². The Balaban J connectivity index is 1.71. The molecule has 3 N–H and O–H groups in total. The number of nitrogen functional groups attached to an aromatic ring is 1. The lowest BCUT2D eigenvalue weighted by atomic mass is 10.1. The summed E-state index contributed by atoms with van der Waals surface area (Å²) in [5, 5.41) is 6.91. The zero-order valence-corrected chi connectivity index (χ0v) is 15.8. The van der Waals surface area contributed by atoms with Crippen LogP contribution in [0.15, 0.2) is 42.9 Å². The fourth-order valence-corrected chi connectivity index (χ4v) is 3.08. The maximum absolute atomic E-state index is 14.0. The van der Waals surface area contributed by atoms with E-state index < -0.39 is 29.5 Å². The number of halogens is 5. The standard InChI is InChI=1S/C19H14F5N7/c1-9(11-3-2-10(20)6-12(11)21)28-15-7-13(26-8-27-15)16-17(25)30-31-5-4-14(19(22,23)24)29-18(16)31/h2-9H,1H3,(H2,25,30)(H,26,27,28)/t9-/m0/s1. The van der Waals surface area contributed by atoms with Crippen LogP contribution in [-0.4, -0.2) is 24.6 Å². The monoisotopic (exact) mass is 435 g/mol. The highest BCUT2D eigenvalue weighted by molar-refractivity contribution is 5.85. The first kappa shape index (κ1) is 20.4. The molecular formula is C19H14F5N7. The van der Waals surface area contributed by atoms with Gasteiger partial charge in [0, 0.05) is 23.9 Å². The number of benzene rings is 1. The summed E-state index contributed by atoms with van der Waals surface area (Å²) in [5.41, 5.74) is 5.14. The first-order valence-corrected chi connectivity index (χ1v) is 8.89. The molecule has 160 valence electrons. The van der Waals surface area contributed by atoms with Crippen molar-refractivity contribution in [1.29, 1.82) is 0 Å². The van der Waals surface area contributed by atoms with E-state index in [1.807, 2.05) is 0 Å². The number of alkyl halides is 3. The average Bonchev–Trinajstić information content (AvgIpc) is 3.02. The molecule has 0 saturated heterocycles. The molecule has 12 heteroatoms. The summed E-state index contributed by atoms with van der Waals surface area (Å²) in [6, 6.07) is 4.81. The largest absolute Gasteiger partial charge is 0.433 e. The lowest BCUT2D eigenvalue weighted by molar-refractivity contribution is -0.141. The average molecular weight is 435 g/mol. The van der Waals surface area contributed by atoms with Crippen LogP contribution in [0.1, 0.15) is 24.2 Å². The van der Waals surface area contributed by atoms with Gasteiger partial charge in [-0.2, -0.15) is 13.2 Å². The number of rotatable bonds is 4. The van der Waals surface area contributed by atoms with Crippen LogP contribution in [0.5, 0.6) is 0 Å². The van der Waals surface area contributed by atoms with Crippen LogP contribution >= 0.6 is 0 Å². The van der Waals surface area contributed by atoms with Crippen molar-refractivity contribution < 1.29 is 22.0 Å². The molecule has 4 rings (SSSR count). The third-order valence-corrected chi connectivity index (χ3v) is 4.52. The van der Waals surface area contributed by atoms with E-state index in [2.05, 4.69) is 25.4 Å². The first-order valence-electron chi connectivity index (χ1n) is 8.89. The Bertz CT molecular complexity index is 1270. The van der Waals surface area contributed by atoms with Gasteiger partial charge in [0.25, 0.3) is 0 Å². The van der Waals surface area contributed by atoms with Crippen LogP contribution in [0.3, 0.4) is 0 Å². The van der Waals surface area contributed by atoms with E-state index in [-0.39, 0.29) is 34.1 Å². The zero-order chi connectivity index (χ0) is 22.3. The summed E-state index contributed by atoms with van der Waals surface area (Å²) in [4.78, 5) is 11.7. The lowest BCUT2D eigenvalue weighted by Gasteiger charge is -2.16. The molecule has 3 aromatic heterocycles. The van der Waals surface area contributed by atoms with Crippen molar-refractivity contribution in [3.8, 4) is 11.3 Å². The third-order valence-electron chi connectivity index (χ3n) is 4.52. The van der Waals surface area contributed by atoms with E-state index in [0.29, 0.717) is 0 Å². The summed E-state index contributed by atoms with van der Waals surface area (Å²) in [6.45, 7) is 1.64. The van der Waals surface area contributed by atoms with E-state index in [0.717, 1.165) is 28.9 Å². The topological polar surface area (TPSA) is 94.0 Å². The normalized spacial score (nSPS) is 12.8. The summed E-state index contributed by atoms with van der Waals surface area (Å²) in [5.74, 6) is -1.27. The molecule has 31 heavy (non-hydrogen) atoms. The Morgan fingerprint density at radius 3 is 2.58 bits per heavy atom. The molecule has 0 saturated carbocycles. The molecule has 1 aromatic carbocycles. The van der Waals surface area contributed by atoms with E-state index in [4.69, 9.17) is 5.73 Å². The van der Waals surface area contributed by atoms with Gasteiger partial charge in [0.2, 0.25) is 0 Å². The van der Waals surface area contributed by atoms with E-state index in [1.165, 1.54) is 18.5 Å². The predicted molar refractivity (Wildman–Crippen MR) is 102 cm³/mol. The number of fused-ring (bicyclic) bond motifs is 1. The SMILES string of the molecule is C[C@H](Nc1cc(-c2c(N)nn3ccc(C(F)(F)F)nc23)ncn1)c1ccc(F)cc1F.